The molecule has 0 aliphatic carbocycles. The molecule has 3 N–H and O–H groups in total. The zero-order valence-electron chi connectivity index (χ0n) is 13.8. The van der Waals surface area contributed by atoms with Gasteiger partial charge in [0.25, 0.3) is 11.6 Å². The zero-order chi connectivity index (χ0) is 18.5. The van der Waals surface area contributed by atoms with Crippen molar-refractivity contribution in [3.63, 3.8) is 0 Å². The molecule has 24 heavy (non-hydrogen) atoms. The molecular weight excluding hydrogens is 324 g/mol. The van der Waals surface area contributed by atoms with E-state index in [0.717, 1.165) is 0 Å². The number of carboxylic acid groups (broad SMARTS) is 1. The smallest absolute Gasteiger partial charge is 0.408 e. The number of esters is 1. The number of amides is 1. The molecule has 1 unspecified atom stereocenters. The Balaban J connectivity index is 2.94. The fourth-order valence-electron chi connectivity index (χ4n) is 1.70. The molecule has 1 amide bonds. The number of nitrogens with one attached hydrogen (secondary N) is 1. The molecule has 0 bridgehead atoms. The Kier molecular flexibility index (Phi) is 6.15. The van der Waals surface area contributed by atoms with E-state index in [-0.39, 0.29) is 12.2 Å². The van der Waals surface area contributed by atoms with Crippen LogP contribution in [0.15, 0.2) is 4.52 Å². The number of rotatable bonds is 6. The van der Waals surface area contributed by atoms with Crippen LogP contribution >= 0.6 is 0 Å². The molecule has 0 saturated heterocycles. The fourth-order valence-corrected chi connectivity index (χ4v) is 1.70. The van der Waals surface area contributed by atoms with Crippen LogP contribution < -0.4 is 5.32 Å². The van der Waals surface area contributed by atoms with Crippen LogP contribution in [-0.4, -0.2) is 51.7 Å². The molecule has 1 heterocycles. The molecule has 0 aliphatic rings. The van der Waals surface area contributed by atoms with Crippen LogP contribution in [0, 0.1) is 0 Å². The number of ether oxygens (including phenoxy) is 2. The Morgan fingerprint density at radius 1 is 1.33 bits per heavy atom. The van der Waals surface area contributed by atoms with E-state index in [1.807, 2.05) is 0 Å². The largest absolute Gasteiger partial charge is 0.491 e. The molecule has 0 aliphatic heterocycles. The lowest BCUT2D eigenvalue weighted by atomic mass is 10.1. The first-order valence-corrected chi connectivity index (χ1v) is 7.12. The Morgan fingerprint density at radius 3 is 2.46 bits per heavy atom. The first-order valence-electron chi connectivity index (χ1n) is 7.12. The van der Waals surface area contributed by atoms with E-state index in [2.05, 4.69) is 15.0 Å². The highest BCUT2D eigenvalue weighted by Crippen LogP contribution is 2.23. The maximum absolute atomic E-state index is 11.7. The minimum absolute atomic E-state index is 0.0538. The van der Waals surface area contributed by atoms with Gasteiger partial charge in [-0.15, -0.1) is 0 Å². The quantitative estimate of drug-likeness (QED) is 0.644. The number of aromatic nitrogens is 1. The lowest BCUT2D eigenvalue weighted by Gasteiger charge is -2.21. The lowest BCUT2D eigenvalue weighted by Crippen LogP contribution is -2.44. The molecule has 10 nitrogen and oxygen atoms in total. The van der Waals surface area contributed by atoms with E-state index in [1.54, 1.807) is 27.7 Å². The van der Waals surface area contributed by atoms with Crippen LogP contribution in [-0.2, 0) is 20.7 Å². The number of carbonyl (C=O) groups is 3. The Morgan fingerprint density at radius 2 is 1.96 bits per heavy atom. The SMILES string of the molecule is CCOC(=O)c1onc(O)c1CC(NC(=O)OC(C)(C)C)C(=O)O. The summed E-state index contributed by atoms with van der Waals surface area (Å²) < 4.78 is 14.4. The van der Waals surface area contributed by atoms with Gasteiger partial charge >= 0.3 is 18.0 Å². The molecule has 0 saturated carbocycles. The number of carboxylic acids is 1. The van der Waals surface area contributed by atoms with Gasteiger partial charge in [0.1, 0.15) is 11.6 Å². The van der Waals surface area contributed by atoms with Crippen molar-refractivity contribution in [2.24, 2.45) is 0 Å². The van der Waals surface area contributed by atoms with E-state index in [4.69, 9.17) is 9.47 Å². The van der Waals surface area contributed by atoms with Gasteiger partial charge in [0.15, 0.2) is 0 Å². The van der Waals surface area contributed by atoms with Gasteiger partial charge in [-0.05, 0) is 32.9 Å². The van der Waals surface area contributed by atoms with E-state index in [1.165, 1.54) is 0 Å². The van der Waals surface area contributed by atoms with E-state index >= 15 is 0 Å². The highest BCUT2D eigenvalue weighted by molar-refractivity contribution is 5.89. The summed E-state index contributed by atoms with van der Waals surface area (Å²) in [5, 5.41) is 24.2. The van der Waals surface area contributed by atoms with Gasteiger partial charge < -0.3 is 29.5 Å². The monoisotopic (exact) mass is 344 g/mol. The molecule has 10 heteroatoms. The summed E-state index contributed by atoms with van der Waals surface area (Å²) in [5.41, 5.74) is -1.00. The van der Waals surface area contributed by atoms with Crippen molar-refractivity contribution in [1.82, 2.24) is 10.5 Å². The molecule has 134 valence electrons. The number of aliphatic carboxylic acids is 1. The van der Waals surface area contributed by atoms with Crippen molar-refractivity contribution in [2.45, 2.75) is 45.8 Å². The molecule has 0 spiro atoms. The van der Waals surface area contributed by atoms with Crippen LogP contribution in [0.5, 0.6) is 5.88 Å². The van der Waals surface area contributed by atoms with Crippen molar-refractivity contribution in [3.05, 3.63) is 11.3 Å². The van der Waals surface area contributed by atoms with Crippen molar-refractivity contribution < 1.29 is 38.6 Å². The standard InChI is InChI=1S/C14H20N2O8/c1-5-22-12(20)9-7(10(17)16-24-9)6-8(11(18)19)15-13(21)23-14(2,3)4/h8H,5-6H2,1-4H3,(H,15,21)(H,16,17)(H,18,19). The summed E-state index contributed by atoms with van der Waals surface area (Å²) in [5.74, 6) is -3.38. The average Bonchev–Trinajstić information content (AvgIpc) is 2.77. The summed E-state index contributed by atoms with van der Waals surface area (Å²) in [7, 11) is 0. The van der Waals surface area contributed by atoms with Gasteiger partial charge in [0.2, 0.25) is 0 Å². The maximum Gasteiger partial charge on any atom is 0.408 e. The molecule has 0 fully saturated rings. The third kappa shape index (κ3) is 5.45. The normalized spacial score (nSPS) is 12.3. The topological polar surface area (TPSA) is 148 Å². The summed E-state index contributed by atoms with van der Waals surface area (Å²) >= 11 is 0. The van der Waals surface area contributed by atoms with Gasteiger partial charge in [0, 0.05) is 6.42 Å². The van der Waals surface area contributed by atoms with Crippen LogP contribution in [0.2, 0.25) is 0 Å². The van der Waals surface area contributed by atoms with Crippen LogP contribution in [0.25, 0.3) is 0 Å². The van der Waals surface area contributed by atoms with Crippen molar-refractivity contribution in [3.8, 4) is 5.88 Å². The fraction of sp³-hybridized carbons (Fsp3) is 0.571. The van der Waals surface area contributed by atoms with Crippen molar-refractivity contribution in [2.75, 3.05) is 6.61 Å². The number of hydrogen-bond donors (Lipinski definition) is 3. The predicted octanol–water partition coefficient (Wildman–Crippen LogP) is 1.08. The number of nitrogens with zero attached hydrogens (tertiary/aromatic N) is 1. The number of hydrogen-bond acceptors (Lipinski definition) is 8. The zero-order valence-corrected chi connectivity index (χ0v) is 13.8. The molecule has 1 aromatic rings. The third-order valence-corrected chi connectivity index (χ3v) is 2.63. The van der Waals surface area contributed by atoms with Gasteiger partial charge in [-0.3, -0.25) is 0 Å². The van der Waals surface area contributed by atoms with E-state index < -0.39 is 47.7 Å². The highest BCUT2D eigenvalue weighted by Gasteiger charge is 2.30. The van der Waals surface area contributed by atoms with Gasteiger partial charge in [-0.25, -0.2) is 14.4 Å². The van der Waals surface area contributed by atoms with E-state index in [9.17, 15) is 24.6 Å². The van der Waals surface area contributed by atoms with Crippen LogP contribution in [0.3, 0.4) is 0 Å². The van der Waals surface area contributed by atoms with Crippen molar-refractivity contribution >= 4 is 18.0 Å². The van der Waals surface area contributed by atoms with Crippen LogP contribution in [0.1, 0.15) is 43.8 Å². The molecule has 1 atom stereocenters. The second-order valence-electron chi connectivity index (χ2n) is 5.78. The molecule has 1 rings (SSSR count). The third-order valence-electron chi connectivity index (χ3n) is 2.63. The molecule has 0 aromatic carbocycles. The van der Waals surface area contributed by atoms with Gasteiger partial charge in [0.05, 0.1) is 12.2 Å². The first kappa shape index (κ1) is 19.3. The first-order chi connectivity index (χ1) is 11.0. The second kappa shape index (κ2) is 7.66. The Hall–Kier alpha value is -2.78. The molecular formula is C14H20N2O8. The maximum atomic E-state index is 11.7. The highest BCUT2D eigenvalue weighted by atomic mass is 16.6. The Bertz CT molecular complexity index is 617. The second-order valence-corrected chi connectivity index (χ2v) is 5.78. The molecule has 1 aromatic heterocycles. The number of alkyl carbamates (subject to hydrolysis) is 1. The number of carbonyl (C=O) groups excluding carboxylic acids is 2. The van der Waals surface area contributed by atoms with Crippen LogP contribution in [0.4, 0.5) is 4.79 Å². The van der Waals surface area contributed by atoms with Crippen molar-refractivity contribution in [1.29, 1.82) is 0 Å². The summed E-state index contributed by atoms with van der Waals surface area (Å²) in [4.78, 5) is 34.8. The van der Waals surface area contributed by atoms with Gasteiger partial charge in [-0.2, -0.15) is 0 Å². The molecule has 0 radical (unpaired) electrons. The Labute approximate surface area is 137 Å². The van der Waals surface area contributed by atoms with Gasteiger partial charge in [-0.1, -0.05) is 0 Å². The average molecular weight is 344 g/mol. The summed E-state index contributed by atoms with van der Waals surface area (Å²) in [6, 6.07) is -1.47. The predicted molar refractivity (Wildman–Crippen MR) is 78.6 cm³/mol. The summed E-state index contributed by atoms with van der Waals surface area (Å²) in [6.45, 7) is 6.48. The summed E-state index contributed by atoms with van der Waals surface area (Å²) in [6.07, 6.45) is -1.40. The number of aromatic hydroxyl groups is 1. The lowest BCUT2D eigenvalue weighted by molar-refractivity contribution is -0.139. The minimum atomic E-state index is -1.47. The minimum Gasteiger partial charge on any atom is -0.491 e. The van der Waals surface area contributed by atoms with E-state index in [0.29, 0.717) is 0 Å².